The van der Waals surface area contributed by atoms with Crippen LogP contribution in [0.3, 0.4) is 0 Å². The highest BCUT2D eigenvalue weighted by Gasteiger charge is 2.42. The minimum Gasteiger partial charge on any atom is -0.336 e. The average molecular weight is 317 g/mol. The van der Waals surface area contributed by atoms with Crippen LogP contribution in [0.2, 0.25) is 0 Å². The molecule has 0 unspecified atom stereocenters. The summed E-state index contributed by atoms with van der Waals surface area (Å²) in [4.78, 5) is 43.6. The topological polar surface area (TPSA) is 73.5 Å². The van der Waals surface area contributed by atoms with Crippen LogP contribution in [0.1, 0.15) is 55.6 Å². The first-order valence-corrected chi connectivity index (χ1v) is 8.25. The van der Waals surface area contributed by atoms with Crippen LogP contribution >= 0.6 is 0 Å². The minimum absolute atomic E-state index is 0.0117. The second kappa shape index (κ2) is 5.83. The zero-order valence-electron chi connectivity index (χ0n) is 13.8. The Bertz CT molecular complexity index is 695. The van der Waals surface area contributed by atoms with Crippen LogP contribution in [0.15, 0.2) is 16.9 Å². The molecule has 1 N–H and O–H groups in total. The molecule has 0 spiro atoms. The van der Waals surface area contributed by atoms with Gasteiger partial charge in [0.15, 0.2) is 0 Å². The minimum atomic E-state index is -0.513. The molecule has 3 heterocycles. The van der Waals surface area contributed by atoms with E-state index in [-0.39, 0.29) is 34.9 Å². The van der Waals surface area contributed by atoms with Crippen molar-refractivity contribution in [2.24, 2.45) is 0 Å². The molecule has 2 amide bonds. The summed E-state index contributed by atoms with van der Waals surface area (Å²) < 4.78 is 0. The van der Waals surface area contributed by atoms with E-state index in [1.807, 2.05) is 18.7 Å². The molecular formula is C17H23N3O3. The highest BCUT2D eigenvalue weighted by molar-refractivity contribution is 5.98. The number of amides is 2. The predicted molar refractivity (Wildman–Crippen MR) is 86.4 cm³/mol. The summed E-state index contributed by atoms with van der Waals surface area (Å²) in [7, 11) is 0. The molecule has 2 aliphatic heterocycles. The fourth-order valence-electron chi connectivity index (χ4n) is 3.48. The van der Waals surface area contributed by atoms with Crippen molar-refractivity contribution in [2.75, 3.05) is 13.1 Å². The number of pyridine rings is 1. The zero-order chi connectivity index (χ0) is 16.7. The van der Waals surface area contributed by atoms with E-state index in [0.717, 1.165) is 25.1 Å². The summed E-state index contributed by atoms with van der Waals surface area (Å²) >= 11 is 0. The van der Waals surface area contributed by atoms with Gasteiger partial charge in [-0.1, -0.05) is 13.8 Å². The van der Waals surface area contributed by atoms with E-state index in [2.05, 4.69) is 4.98 Å². The number of fused-ring (bicyclic) bond motifs is 1. The maximum Gasteiger partial charge on any atom is 0.261 e. The number of rotatable bonds is 2. The second-order valence-electron chi connectivity index (χ2n) is 6.77. The lowest BCUT2D eigenvalue weighted by Gasteiger charge is -2.41. The highest BCUT2D eigenvalue weighted by atomic mass is 16.2. The lowest BCUT2D eigenvalue weighted by Crippen LogP contribution is -2.60. The SMILES string of the molecule is CC(C)c1ccc(C(=O)N2C[C@@H]3CCCN3C(=O)[C@@H]2C)c(=O)[nH]1. The number of nitrogens with zero attached hydrogens (tertiary/aromatic N) is 2. The van der Waals surface area contributed by atoms with Gasteiger partial charge in [-0.05, 0) is 37.8 Å². The van der Waals surface area contributed by atoms with Gasteiger partial charge in [0.05, 0.1) is 0 Å². The number of piperazine rings is 1. The van der Waals surface area contributed by atoms with E-state index in [1.54, 1.807) is 24.0 Å². The number of H-pyrrole nitrogens is 1. The molecule has 3 rings (SSSR count). The van der Waals surface area contributed by atoms with Crippen molar-refractivity contribution in [1.82, 2.24) is 14.8 Å². The van der Waals surface area contributed by atoms with Crippen LogP contribution in [0, 0.1) is 0 Å². The van der Waals surface area contributed by atoms with E-state index in [0.29, 0.717) is 6.54 Å². The Morgan fingerprint density at radius 2 is 2.04 bits per heavy atom. The van der Waals surface area contributed by atoms with Crippen molar-refractivity contribution < 1.29 is 9.59 Å². The molecule has 1 aromatic rings. The Balaban J connectivity index is 1.88. The molecule has 0 bridgehead atoms. The highest BCUT2D eigenvalue weighted by Crippen LogP contribution is 2.26. The molecule has 6 nitrogen and oxygen atoms in total. The Morgan fingerprint density at radius 3 is 2.70 bits per heavy atom. The van der Waals surface area contributed by atoms with Crippen LogP contribution in [0.5, 0.6) is 0 Å². The Labute approximate surface area is 135 Å². The molecule has 124 valence electrons. The van der Waals surface area contributed by atoms with Gasteiger partial charge in [0, 0.05) is 24.8 Å². The van der Waals surface area contributed by atoms with Gasteiger partial charge in [0.25, 0.3) is 11.5 Å². The molecule has 0 saturated carbocycles. The maximum absolute atomic E-state index is 12.8. The molecular weight excluding hydrogens is 294 g/mol. The lowest BCUT2D eigenvalue weighted by molar-refractivity contribution is -0.141. The summed E-state index contributed by atoms with van der Waals surface area (Å²) in [5.41, 5.74) is 0.534. The average Bonchev–Trinajstić information content (AvgIpc) is 2.98. The number of aromatic amines is 1. The summed E-state index contributed by atoms with van der Waals surface area (Å²) in [5.74, 6) is -0.175. The molecule has 1 aromatic heterocycles. The predicted octanol–water partition coefficient (Wildman–Crippen LogP) is 1.33. The molecule has 2 aliphatic rings. The molecule has 6 heteroatoms. The van der Waals surface area contributed by atoms with Gasteiger partial charge in [0.1, 0.15) is 11.6 Å². The van der Waals surface area contributed by atoms with Gasteiger partial charge in [0.2, 0.25) is 5.91 Å². The van der Waals surface area contributed by atoms with E-state index >= 15 is 0 Å². The van der Waals surface area contributed by atoms with E-state index in [9.17, 15) is 14.4 Å². The van der Waals surface area contributed by atoms with Crippen molar-refractivity contribution in [3.05, 3.63) is 33.7 Å². The van der Waals surface area contributed by atoms with Crippen molar-refractivity contribution in [3.8, 4) is 0 Å². The van der Waals surface area contributed by atoms with Crippen molar-refractivity contribution in [2.45, 2.75) is 51.6 Å². The zero-order valence-corrected chi connectivity index (χ0v) is 13.8. The fourth-order valence-corrected chi connectivity index (χ4v) is 3.48. The summed E-state index contributed by atoms with van der Waals surface area (Å²) in [6.45, 7) is 6.99. The molecule has 2 saturated heterocycles. The number of hydrogen-bond acceptors (Lipinski definition) is 3. The molecule has 2 atom stereocenters. The van der Waals surface area contributed by atoms with Gasteiger partial charge in [-0.2, -0.15) is 0 Å². The first kappa shape index (κ1) is 15.8. The number of nitrogens with one attached hydrogen (secondary N) is 1. The van der Waals surface area contributed by atoms with Gasteiger partial charge >= 0.3 is 0 Å². The van der Waals surface area contributed by atoms with Crippen LogP contribution in [-0.4, -0.2) is 51.8 Å². The quantitative estimate of drug-likeness (QED) is 0.894. The van der Waals surface area contributed by atoms with Gasteiger partial charge in [-0.25, -0.2) is 0 Å². The van der Waals surface area contributed by atoms with Gasteiger partial charge in [-0.3, -0.25) is 14.4 Å². The van der Waals surface area contributed by atoms with Crippen LogP contribution in [0.4, 0.5) is 0 Å². The summed E-state index contributed by atoms with van der Waals surface area (Å²) in [5, 5.41) is 0. The largest absolute Gasteiger partial charge is 0.336 e. The van der Waals surface area contributed by atoms with Gasteiger partial charge < -0.3 is 14.8 Å². The van der Waals surface area contributed by atoms with E-state index in [4.69, 9.17) is 0 Å². The standard InChI is InChI=1S/C17H23N3O3/c1-10(2)14-7-6-13(15(21)18-14)17(23)20-9-12-5-4-8-19(12)16(22)11(20)3/h6-7,10-12H,4-5,8-9H2,1-3H3,(H,18,21)/t11-,12-/m0/s1. The van der Waals surface area contributed by atoms with Crippen LogP contribution in [0.25, 0.3) is 0 Å². The molecule has 23 heavy (non-hydrogen) atoms. The van der Waals surface area contributed by atoms with E-state index < -0.39 is 6.04 Å². The van der Waals surface area contributed by atoms with Crippen molar-refractivity contribution in [1.29, 1.82) is 0 Å². The van der Waals surface area contributed by atoms with Crippen LogP contribution in [-0.2, 0) is 4.79 Å². The van der Waals surface area contributed by atoms with Gasteiger partial charge in [-0.15, -0.1) is 0 Å². The Hall–Kier alpha value is -2.11. The molecule has 2 fully saturated rings. The van der Waals surface area contributed by atoms with Crippen LogP contribution < -0.4 is 5.56 Å². The maximum atomic E-state index is 12.8. The fraction of sp³-hybridized carbons (Fsp3) is 0.588. The second-order valence-corrected chi connectivity index (χ2v) is 6.77. The Morgan fingerprint density at radius 1 is 1.30 bits per heavy atom. The summed E-state index contributed by atoms with van der Waals surface area (Å²) in [6, 6.07) is 2.93. The lowest BCUT2D eigenvalue weighted by atomic mass is 10.0. The first-order valence-electron chi connectivity index (χ1n) is 8.25. The number of aromatic nitrogens is 1. The number of carbonyl (C=O) groups is 2. The molecule has 0 aliphatic carbocycles. The van der Waals surface area contributed by atoms with Crippen molar-refractivity contribution >= 4 is 11.8 Å². The molecule has 0 radical (unpaired) electrons. The normalized spacial score (nSPS) is 24.3. The first-order chi connectivity index (χ1) is 10.9. The summed E-state index contributed by atoms with van der Waals surface area (Å²) in [6.07, 6.45) is 1.90. The molecule has 0 aromatic carbocycles. The third-order valence-corrected chi connectivity index (χ3v) is 4.94. The third-order valence-electron chi connectivity index (χ3n) is 4.94. The number of carbonyl (C=O) groups excluding carboxylic acids is 2. The number of hydrogen-bond donors (Lipinski definition) is 1. The van der Waals surface area contributed by atoms with Crippen molar-refractivity contribution in [3.63, 3.8) is 0 Å². The van der Waals surface area contributed by atoms with E-state index in [1.165, 1.54) is 0 Å². The Kier molecular flexibility index (Phi) is 4.00. The smallest absolute Gasteiger partial charge is 0.261 e. The third kappa shape index (κ3) is 2.66. The monoisotopic (exact) mass is 317 g/mol.